The van der Waals surface area contributed by atoms with E-state index in [0.29, 0.717) is 44.6 Å². The lowest BCUT2D eigenvalue weighted by atomic mass is 9.95. The fourth-order valence-electron chi connectivity index (χ4n) is 4.10. The van der Waals surface area contributed by atoms with Crippen LogP contribution in [0.1, 0.15) is 29.6 Å². The van der Waals surface area contributed by atoms with E-state index in [1.165, 1.54) is 0 Å². The minimum absolute atomic E-state index is 0.0207. The number of ether oxygens (including phenoxy) is 1. The summed E-state index contributed by atoms with van der Waals surface area (Å²) in [5, 5.41) is 3.81. The minimum Gasteiger partial charge on any atom is -0.385 e. The van der Waals surface area contributed by atoms with Crippen LogP contribution in [0, 0.1) is 5.92 Å². The number of hydrogen-bond donors (Lipinski definition) is 1. The van der Waals surface area contributed by atoms with Gasteiger partial charge in [0.25, 0.3) is 5.91 Å². The van der Waals surface area contributed by atoms with Gasteiger partial charge in [0.15, 0.2) is 0 Å². The number of aromatic nitrogens is 2. The molecule has 7 nitrogen and oxygen atoms in total. The Bertz CT molecular complexity index is 1080. The number of benzene rings is 1. The SMILES string of the molecule is COCCCNC(=O)C1CCN(C(=O)c2cc(-c3cccnc3)nc3ccccc23)CC1. The highest BCUT2D eigenvalue weighted by Gasteiger charge is 2.28. The molecule has 3 heterocycles. The summed E-state index contributed by atoms with van der Waals surface area (Å²) in [5.74, 6) is -0.00384. The van der Waals surface area contributed by atoms with Crippen molar-refractivity contribution >= 4 is 22.7 Å². The van der Waals surface area contributed by atoms with Gasteiger partial charge in [-0.05, 0) is 43.5 Å². The normalized spacial score (nSPS) is 14.5. The minimum atomic E-state index is -0.0540. The molecule has 1 saturated heterocycles. The highest BCUT2D eigenvalue weighted by molar-refractivity contribution is 6.07. The summed E-state index contributed by atoms with van der Waals surface area (Å²) in [6.07, 6.45) is 5.60. The Balaban J connectivity index is 1.49. The monoisotopic (exact) mass is 432 g/mol. The zero-order valence-corrected chi connectivity index (χ0v) is 18.3. The lowest BCUT2D eigenvalue weighted by Crippen LogP contribution is -2.43. The molecule has 0 atom stereocenters. The van der Waals surface area contributed by atoms with E-state index in [1.54, 1.807) is 19.5 Å². The third kappa shape index (κ3) is 4.94. The number of carbonyl (C=O) groups excluding carboxylic acids is 2. The maximum Gasteiger partial charge on any atom is 0.254 e. The zero-order chi connectivity index (χ0) is 22.3. The average molecular weight is 433 g/mol. The van der Waals surface area contributed by atoms with Crippen LogP contribution in [0.15, 0.2) is 54.9 Å². The van der Waals surface area contributed by atoms with Gasteiger partial charge in [0, 0.05) is 62.6 Å². The van der Waals surface area contributed by atoms with Gasteiger partial charge in [-0.2, -0.15) is 0 Å². The number of likely N-dealkylation sites (tertiary alicyclic amines) is 1. The fraction of sp³-hybridized carbons (Fsp3) is 0.360. The number of para-hydroxylation sites is 1. The molecule has 0 radical (unpaired) electrons. The second kappa shape index (κ2) is 10.3. The number of amides is 2. The summed E-state index contributed by atoms with van der Waals surface area (Å²) < 4.78 is 5.02. The van der Waals surface area contributed by atoms with E-state index in [1.807, 2.05) is 47.4 Å². The highest BCUT2D eigenvalue weighted by atomic mass is 16.5. The van der Waals surface area contributed by atoms with Crippen LogP contribution in [0.3, 0.4) is 0 Å². The Labute approximate surface area is 187 Å². The Hall–Kier alpha value is -3.32. The van der Waals surface area contributed by atoms with Crippen molar-refractivity contribution in [1.29, 1.82) is 0 Å². The smallest absolute Gasteiger partial charge is 0.254 e. The quantitative estimate of drug-likeness (QED) is 0.579. The molecule has 1 aliphatic rings. The third-order valence-electron chi connectivity index (χ3n) is 5.88. The standard InChI is InChI=1S/C25H28N4O3/c1-32-15-5-12-27-24(30)18-9-13-29(14-10-18)25(31)21-16-23(19-6-4-11-26-17-19)28-22-8-3-2-7-20(21)22/h2-4,6-8,11,16-18H,5,9-10,12-15H2,1H3,(H,27,30). The van der Waals surface area contributed by atoms with Gasteiger partial charge in [-0.15, -0.1) is 0 Å². The molecule has 0 spiro atoms. The van der Waals surface area contributed by atoms with Crippen molar-refractivity contribution in [3.05, 3.63) is 60.4 Å². The molecule has 1 aromatic carbocycles. The number of rotatable bonds is 7. The summed E-state index contributed by atoms with van der Waals surface area (Å²) >= 11 is 0. The first-order valence-electron chi connectivity index (χ1n) is 11.0. The number of nitrogens with zero attached hydrogens (tertiary/aromatic N) is 3. The third-order valence-corrected chi connectivity index (χ3v) is 5.88. The molecule has 4 rings (SSSR count). The number of fused-ring (bicyclic) bond motifs is 1. The van der Waals surface area contributed by atoms with E-state index in [4.69, 9.17) is 9.72 Å². The fourth-order valence-corrected chi connectivity index (χ4v) is 4.10. The van der Waals surface area contributed by atoms with Crippen LogP contribution in [0.25, 0.3) is 22.2 Å². The number of nitrogens with one attached hydrogen (secondary N) is 1. The largest absolute Gasteiger partial charge is 0.385 e. The van der Waals surface area contributed by atoms with Gasteiger partial charge in [0.1, 0.15) is 0 Å². The van der Waals surface area contributed by atoms with Crippen molar-refractivity contribution in [3.63, 3.8) is 0 Å². The van der Waals surface area contributed by atoms with Gasteiger partial charge in [-0.25, -0.2) is 4.98 Å². The maximum atomic E-state index is 13.5. The van der Waals surface area contributed by atoms with E-state index in [9.17, 15) is 9.59 Å². The Morgan fingerprint density at radius 1 is 1.16 bits per heavy atom. The first kappa shape index (κ1) is 21.9. The Morgan fingerprint density at radius 3 is 2.72 bits per heavy atom. The second-order valence-electron chi connectivity index (χ2n) is 8.02. The van der Waals surface area contributed by atoms with Gasteiger partial charge in [-0.3, -0.25) is 14.6 Å². The summed E-state index contributed by atoms with van der Waals surface area (Å²) in [4.78, 5) is 36.7. The molecular weight excluding hydrogens is 404 g/mol. The van der Waals surface area contributed by atoms with Gasteiger partial charge < -0.3 is 15.0 Å². The van der Waals surface area contributed by atoms with Crippen LogP contribution in [0.2, 0.25) is 0 Å². The Kier molecular flexibility index (Phi) is 7.07. The summed E-state index contributed by atoms with van der Waals surface area (Å²) in [7, 11) is 1.65. The number of methoxy groups -OCH3 is 1. The molecule has 166 valence electrons. The van der Waals surface area contributed by atoms with Crippen LogP contribution in [0.4, 0.5) is 0 Å². The molecule has 0 aliphatic carbocycles. The van der Waals surface area contributed by atoms with Gasteiger partial charge >= 0.3 is 0 Å². The molecule has 0 bridgehead atoms. The van der Waals surface area contributed by atoms with Crippen LogP contribution >= 0.6 is 0 Å². The predicted molar refractivity (Wildman–Crippen MR) is 123 cm³/mol. The molecule has 1 aliphatic heterocycles. The molecule has 32 heavy (non-hydrogen) atoms. The summed E-state index contributed by atoms with van der Waals surface area (Å²) in [6, 6.07) is 13.4. The number of pyridine rings is 2. The van der Waals surface area contributed by atoms with Gasteiger partial charge in [0.2, 0.25) is 5.91 Å². The van der Waals surface area contributed by atoms with E-state index < -0.39 is 0 Å². The molecule has 7 heteroatoms. The number of hydrogen-bond acceptors (Lipinski definition) is 5. The molecule has 0 unspecified atom stereocenters. The summed E-state index contributed by atoms with van der Waals surface area (Å²) in [5.41, 5.74) is 3.01. The van der Waals surface area contributed by atoms with Gasteiger partial charge in [0.05, 0.1) is 16.8 Å². The van der Waals surface area contributed by atoms with Crippen LogP contribution < -0.4 is 5.32 Å². The van der Waals surface area contributed by atoms with Crippen LogP contribution in [0.5, 0.6) is 0 Å². The van der Waals surface area contributed by atoms with Crippen molar-refractivity contribution < 1.29 is 14.3 Å². The topological polar surface area (TPSA) is 84.4 Å². The molecule has 2 amide bonds. The molecule has 3 aromatic rings. The first-order valence-corrected chi connectivity index (χ1v) is 11.0. The number of carbonyl (C=O) groups is 2. The summed E-state index contributed by atoms with van der Waals surface area (Å²) in [6.45, 7) is 2.38. The zero-order valence-electron chi connectivity index (χ0n) is 18.3. The molecule has 0 saturated carbocycles. The van der Waals surface area contributed by atoms with Crippen molar-refractivity contribution in [3.8, 4) is 11.3 Å². The van der Waals surface area contributed by atoms with Crippen molar-refractivity contribution in [2.75, 3.05) is 33.4 Å². The maximum absolute atomic E-state index is 13.5. The van der Waals surface area contributed by atoms with E-state index in [0.717, 1.165) is 28.6 Å². The van der Waals surface area contributed by atoms with E-state index in [-0.39, 0.29) is 17.7 Å². The second-order valence-corrected chi connectivity index (χ2v) is 8.02. The highest BCUT2D eigenvalue weighted by Crippen LogP contribution is 2.27. The average Bonchev–Trinajstić information content (AvgIpc) is 2.86. The lowest BCUT2D eigenvalue weighted by molar-refractivity contribution is -0.126. The van der Waals surface area contributed by atoms with Crippen molar-refractivity contribution in [2.45, 2.75) is 19.3 Å². The van der Waals surface area contributed by atoms with Crippen LogP contribution in [-0.4, -0.2) is 60.0 Å². The lowest BCUT2D eigenvalue weighted by Gasteiger charge is -2.31. The number of piperidine rings is 1. The van der Waals surface area contributed by atoms with E-state index >= 15 is 0 Å². The molecule has 1 fully saturated rings. The molecule has 1 N–H and O–H groups in total. The molecule has 2 aromatic heterocycles. The van der Waals surface area contributed by atoms with Crippen molar-refractivity contribution in [1.82, 2.24) is 20.2 Å². The molecular formula is C25H28N4O3. The van der Waals surface area contributed by atoms with E-state index in [2.05, 4.69) is 10.3 Å². The Morgan fingerprint density at radius 2 is 1.97 bits per heavy atom. The first-order chi connectivity index (χ1) is 15.7. The van der Waals surface area contributed by atoms with Gasteiger partial charge in [-0.1, -0.05) is 18.2 Å². The predicted octanol–water partition coefficient (Wildman–Crippen LogP) is 3.30. The van der Waals surface area contributed by atoms with Crippen molar-refractivity contribution in [2.24, 2.45) is 5.92 Å². The van der Waals surface area contributed by atoms with Crippen LogP contribution in [-0.2, 0) is 9.53 Å².